The van der Waals surface area contributed by atoms with Gasteiger partial charge in [-0.2, -0.15) is 0 Å². The maximum atomic E-state index is 11.6. The Balaban J connectivity index is 2.35. The third-order valence-corrected chi connectivity index (χ3v) is 2.58. The van der Waals surface area contributed by atoms with Crippen LogP contribution in [-0.2, 0) is 4.79 Å². The first-order valence-corrected chi connectivity index (χ1v) is 5.47. The molecule has 0 bridgehead atoms. The maximum absolute atomic E-state index is 11.6. The van der Waals surface area contributed by atoms with Crippen LogP contribution in [0.25, 0.3) is 0 Å². The highest BCUT2D eigenvalue weighted by Gasteiger charge is 2.16. The van der Waals surface area contributed by atoms with Crippen molar-refractivity contribution < 1.29 is 4.79 Å². The Morgan fingerprint density at radius 1 is 1.43 bits per heavy atom. The van der Waals surface area contributed by atoms with E-state index >= 15 is 0 Å². The average Bonchev–Trinajstić information content (AvgIpc) is 2.13. The van der Waals surface area contributed by atoms with Gasteiger partial charge in [-0.15, -0.1) is 0 Å². The Bertz CT molecular complexity index is 201. The van der Waals surface area contributed by atoms with Crippen molar-refractivity contribution in [2.75, 3.05) is 13.1 Å². The topological polar surface area (TPSA) is 55.1 Å². The Hall–Kier alpha value is -0.830. The van der Waals surface area contributed by atoms with Crippen LogP contribution >= 0.6 is 0 Å². The van der Waals surface area contributed by atoms with Gasteiger partial charge in [0, 0.05) is 19.0 Å². The molecular formula is C11H20N2O. The van der Waals surface area contributed by atoms with Crippen molar-refractivity contribution in [3.8, 4) is 0 Å². The summed E-state index contributed by atoms with van der Waals surface area (Å²) >= 11 is 0. The van der Waals surface area contributed by atoms with Gasteiger partial charge in [-0.05, 0) is 25.7 Å². The van der Waals surface area contributed by atoms with Gasteiger partial charge >= 0.3 is 0 Å². The molecule has 0 aromatic rings. The van der Waals surface area contributed by atoms with Gasteiger partial charge in [-0.25, -0.2) is 0 Å². The van der Waals surface area contributed by atoms with Crippen molar-refractivity contribution in [3.05, 3.63) is 12.2 Å². The lowest BCUT2D eigenvalue weighted by Crippen LogP contribution is -2.34. The normalized spacial score (nSPS) is 22.5. The molecule has 0 radical (unpaired) electrons. The van der Waals surface area contributed by atoms with Crippen molar-refractivity contribution in [2.24, 2.45) is 11.7 Å². The van der Waals surface area contributed by atoms with Crippen LogP contribution in [0, 0.1) is 5.92 Å². The molecule has 0 heterocycles. The number of carbonyl (C=O) groups excluding carboxylic acids is 1. The lowest BCUT2D eigenvalue weighted by molar-refractivity contribution is -0.125. The van der Waals surface area contributed by atoms with Gasteiger partial charge < -0.3 is 11.1 Å². The molecule has 1 aliphatic carbocycles. The Morgan fingerprint density at radius 3 is 3.07 bits per heavy atom. The third-order valence-electron chi connectivity index (χ3n) is 2.58. The summed E-state index contributed by atoms with van der Waals surface area (Å²) in [6.45, 7) is 1.12. The van der Waals surface area contributed by atoms with Crippen molar-refractivity contribution in [3.63, 3.8) is 0 Å². The lowest BCUT2D eigenvalue weighted by atomic mass is 9.94. The molecule has 0 aromatic heterocycles. The highest BCUT2D eigenvalue weighted by molar-refractivity contribution is 5.78. The van der Waals surface area contributed by atoms with Crippen LogP contribution in [0.2, 0.25) is 0 Å². The molecule has 3 heteroatoms. The first kappa shape index (κ1) is 11.2. The Kier molecular flexibility index (Phi) is 5.30. The molecule has 0 fully saturated rings. The fraction of sp³-hybridized carbons (Fsp3) is 0.727. The summed E-state index contributed by atoms with van der Waals surface area (Å²) in [6.07, 6.45) is 9.74. The molecule has 3 nitrogen and oxygen atoms in total. The van der Waals surface area contributed by atoms with E-state index in [-0.39, 0.29) is 11.8 Å². The van der Waals surface area contributed by atoms with Crippen LogP contribution < -0.4 is 11.1 Å². The van der Waals surface area contributed by atoms with E-state index in [2.05, 4.69) is 17.5 Å². The number of nitrogens with one attached hydrogen (secondary N) is 1. The number of carbonyl (C=O) groups is 1. The summed E-state index contributed by atoms with van der Waals surface area (Å²) < 4.78 is 0. The molecule has 0 saturated heterocycles. The fourth-order valence-corrected chi connectivity index (χ4v) is 1.73. The number of nitrogens with two attached hydrogens (primary N) is 1. The fourth-order valence-electron chi connectivity index (χ4n) is 1.73. The van der Waals surface area contributed by atoms with Crippen LogP contribution in [0.4, 0.5) is 0 Å². The van der Waals surface area contributed by atoms with E-state index in [0.29, 0.717) is 13.1 Å². The van der Waals surface area contributed by atoms with E-state index in [9.17, 15) is 4.79 Å². The van der Waals surface area contributed by atoms with Crippen molar-refractivity contribution in [1.29, 1.82) is 0 Å². The van der Waals surface area contributed by atoms with E-state index in [0.717, 1.165) is 25.7 Å². The van der Waals surface area contributed by atoms with Crippen LogP contribution in [0.15, 0.2) is 12.2 Å². The number of allylic oxidation sites excluding steroid dienone is 2. The molecule has 80 valence electrons. The predicted molar refractivity (Wildman–Crippen MR) is 57.8 cm³/mol. The van der Waals surface area contributed by atoms with Gasteiger partial charge in [-0.1, -0.05) is 18.6 Å². The summed E-state index contributed by atoms with van der Waals surface area (Å²) in [5.74, 6) is 0.333. The smallest absolute Gasteiger partial charge is 0.223 e. The number of rotatable bonds is 3. The quantitative estimate of drug-likeness (QED) is 0.666. The van der Waals surface area contributed by atoms with Gasteiger partial charge in [0.05, 0.1) is 0 Å². The molecule has 0 unspecified atom stereocenters. The molecule has 1 atom stereocenters. The largest absolute Gasteiger partial charge is 0.355 e. The summed E-state index contributed by atoms with van der Waals surface area (Å²) in [7, 11) is 0. The number of hydrogen-bond donors (Lipinski definition) is 2. The van der Waals surface area contributed by atoms with Crippen LogP contribution in [0.1, 0.15) is 32.1 Å². The minimum Gasteiger partial charge on any atom is -0.355 e. The van der Waals surface area contributed by atoms with Crippen LogP contribution in [0.3, 0.4) is 0 Å². The Labute approximate surface area is 85.7 Å². The van der Waals surface area contributed by atoms with Gasteiger partial charge in [0.1, 0.15) is 0 Å². The van der Waals surface area contributed by atoms with Crippen LogP contribution in [-0.4, -0.2) is 19.0 Å². The standard InChI is InChI=1S/C11H20N2O/c12-8-9-13-11(14)10-6-4-2-1-3-5-7-10/h2,4,10H,1,3,5-9,12H2,(H,13,14)/t10-/m1/s1. The highest BCUT2D eigenvalue weighted by atomic mass is 16.1. The van der Waals surface area contributed by atoms with Gasteiger partial charge in [0.2, 0.25) is 5.91 Å². The molecule has 0 saturated carbocycles. The molecule has 14 heavy (non-hydrogen) atoms. The lowest BCUT2D eigenvalue weighted by Gasteiger charge is -2.16. The third kappa shape index (κ3) is 3.92. The van der Waals surface area contributed by atoms with Crippen molar-refractivity contribution in [1.82, 2.24) is 5.32 Å². The van der Waals surface area contributed by atoms with E-state index in [1.165, 1.54) is 6.42 Å². The SMILES string of the molecule is NCCNC(=O)[C@@H]1CC=CCCCC1. The monoisotopic (exact) mass is 196 g/mol. The minimum atomic E-state index is 0.165. The van der Waals surface area contributed by atoms with Crippen molar-refractivity contribution >= 4 is 5.91 Å². The van der Waals surface area contributed by atoms with E-state index < -0.39 is 0 Å². The summed E-state index contributed by atoms with van der Waals surface area (Å²) in [4.78, 5) is 11.6. The molecule has 3 N–H and O–H groups in total. The molecule has 0 aliphatic heterocycles. The zero-order valence-electron chi connectivity index (χ0n) is 8.67. The molecule has 1 aliphatic rings. The van der Waals surface area contributed by atoms with Crippen LogP contribution in [0.5, 0.6) is 0 Å². The molecule has 0 aromatic carbocycles. The van der Waals surface area contributed by atoms with E-state index in [4.69, 9.17) is 5.73 Å². The first-order valence-electron chi connectivity index (χ1n) is 5.47. The first-order chi connectivity index (χ1) is 6.84. The highest BCUT2D eigenvalue weighted by Crippen LogP contribution is 2.17. The van der Waals surface area contributed by atoms with Crippen molar-refractivity contribution in [2.45, 2.75) is 32.1 Å². The second kappa shape index (κ2) is 6.60. The Morgan fingerprint density at radius 2 is 2.29 bits per heavy atom. The molecular weight excluding hydrogens is 176 g/mol. The predicted octanol–water partition coefficient (Wildman–Crippen LogP) is 1.20. The second-order valence-corrected chi connectivity index (χ2v) is 3.77. The maximum Gasteiger partial charge on any atom is 0.223 e. The zero-order chi connectivity index (χ0) is 10.2. The minimum absolute atomic E-state index is 0.165. The second-order valence-electron chi connectivity index (χ2n) is 3.77. The zero-order valence-corrected chi connectivity index (χ0v) is 8.67. The van der Waals surface area contributed by atoms with E-state index in [1.54, 1.807) is 0 Å². The van der Waals surface area contributed by atoms with E-state index in [1.807, 2.05) is 0 Å². The summed E-state index contributed by atoms with van der Waals surface area (Å²) in [5.41, 5.74) is 5.33. The summed E-state index contributed by atoms with van der Waals surface area (Å²) in [6, 6.07) is 0. The van der Waals surface area contributed by atoms with Gasteiger partial charge in [0.15, 0.2) is 0 Å². The molecule has 0 spiro atoms. The van der Waals surface area contributed by atoms with Gasteiger partial charge in [0.25, 0.3) is 0 Å². The average molecular weight is 196 g/mol. The number of amides is 1. The number of hydrogen-bond acceptors (Lipinski definition) is 2. The summed E-state index contributed by atoms with van der Waals surface area (Å²) in [5, 5.41) is 2.85. The van der Waals surface area contributed by atoms with Gasteiger partial charge in [-0.3, -0.25) is 4.79 Å². The molecule has 1 amide bonds. The molecule has 1 rings (SSSR count).